The topological polar surface area (TPSA) is 63.7 Å². The highest BCUT2D eigenvalue weighted by Gasteiger charge is 2.30. The monoisotopic (exact) mass is 311 g/mol. The predicted molar refractivity (Wildman–Crippen MR) is 81.6 cm³/mol. The average Bonchev–Trinajstić information content (AvgIpc) is 2.79. The van der Waals surface area contributed by atoms with Crippen LogP contribution in [0.2, 0.25) is 0 Å². The Balaban J connectivity index is 1.86. The molecule has 0 aliphatic carbocycles. The van der Waals surface area contributed by atoms with E-state index in [0.29, 0.717) is 30.9 Å². The SMILES string of the molecule is CC(=O)c1ccccc1OCCN(C)[C@@H]1CCS(=O)(=O)C1. The van der Waals surface area contributed by atoms with Crippen molar-refractivity contribution in [2.75, 3.05) is 31.7 Å². The van der Waals surface area contributed by atoms with Crippen molar-refractivity contribution in [2.24, 2.45) is 0 Å². The summed E-state index contributed by atoms with van der Waals surface area (Å²) in [5.41, 5.74) is 0.573. The molecule has 1 fully saturated rings. The van der Waals surface area contributed by atoms with Gasteiger partial charge < -0.3 is 4.74 Å². The maximum absolute atomic E-state index is 11.5. The van der Waals surface area contributed by atoms with Gasteiger partial charge >= 0.3 is 0 Å². The van der Waals surface area contributed by atoms with Crippen molar-refractivity contribution in [2.45, 2.75) is 19.4 Å². The standard InChI is InChI=1S/C15H21NO4S/c1-12(17)14-5-3-4-6-15(14)20-9-8-16(2)13-7-10-21(18,19)11-13/h3-6,13H,7-11H2,1-2H3/t13-/m1/s1. The molecule has 21 heavy (non-hydrogen) atoms. The number of nitrogens with zero attached hydrogens (tertiary/aromatic N) is 1. The summed E-state index contributed by atoms with van der Waals surface area (Å²) >= 11 is 0. The first kappa shape index (κ1) is 16.0. The summed E-state index contributed by atoms with van der Waals surface area (Å²) in [5, 5.41) is 0. The summed E-state index contributed by atoms with van der Waals surface area (Å²) < 4.78 is 28.6. The number of ketones is 1. The maximum Gasteiger partial charge on any atom is 0.163 e. The summed E-state index contributed by atoms with van der Waals surface area (Å²) in [6, 6.07) is 7.22. The number of likely N-dealkylation sites (N-methyl/N-ethyl adjacent to an activating group) is 1. The number of carbonyl (C=O) groups excluding carboxylic acids is 1. The molecule has 0 unspecified atom stereocenters. The molecule has 1 atom stereocenters. The Labute approximate surface area is 125 Å². The zero-order valence-corrected chi connectivity index (χ0v) is 13.2. The van der Waals surface area contributed by atoms with Gasteiger partial charge in [-0.15, -0.1) is 0 Å². The Morgan fingerprint density at radius 3 is 2.71 bits per heavy atom. The van der Waals surface area contributed by atoms with Crippen LogP contribution in [0, 0.1) is 0 Å². The van der Waals surface area contributed by atoms with Crippen molar-refractivity contribution in [3.63, 3.8) is 0 Å². The van der Waals surface area contributed by atoms with Gasteiger partial charge in [-0.05, 0) is 32.5 Å². The Morgan fingerprint density at radius 2 is 2.10 bits per heavy atom. The smallest absolute Gasteiger partial charge is 0.163 e. The second-order valence-corrected chi connectivity index (χ2v) is 7.67. The van der Waals surface area contributed by atoms with E-state index in [9.17, 15) is 13.2 Å². The maximum atomic E-state index is 11.5. The van der Waals surface area contributed by atoms with Gasteiger partial charge in [-0.2, -0.15) is 0 Å². The van der Waals surface area contributed by atoms with Gasteiger partial charge in [0.05, 0.1) is 17.1 Å². The Hall–Kier alpha value is -1.40. The average molecular weight is 311 g/mol. The minimum Gasteiger partial charge on any atom is -0.491 e. The molecule has 2 rings (SSSR count). The lowest BCUT2D eigenvalue weighted by atomic mass is 10.1. The summed E-state index contributed by atoms with van der Waals surface area (Å²) in [6.45, 7) is 2.57. The highest BCUT2D eigenvalue weighted by molar-refractivity contribution is 7.91. The molecule has 1 aliphatic heterocycles. The van der Waals surface area contributed by atoms with Crippen molar-refractivity contribution < 1.29 is 17.9 Å². The van der Waals surface area contributed by atoms with Gasteiger partial charge in [-0.3, -0.25) is 9.69 Å². The minimum absolute atomic E-state index is 0.0270. The van der Waals surface area contributed by atoms with Crippen LogP contribution in [0.4, 0.5) is 0 Å². The first-order valence-corrected chi connectivity index (χ1v) is 8.84. The van der Waals surface area contributed by atoms with Crippen molar-refractivity contribution in [1.82, 2.24) is 4.90 Å². The Kier molecular flexibility index (Phi) is 5.00. The minimum atomic E-state index is -2.86. The summed E-state index contributed by atoms with van der Waals surface area (Å²) in [5.74, 6) is 1.06. The number of benzene rings is 1. The fourth-order valence-electron chi connectivity index (χ4n) is 2.49. The molecule has 0 N–H and O–H groups in total. The largest absolute Gasteiger partial charge is 0.491 e. The van der Waals surface area contributed by atoms with Crippen LogP contribution in [0.5, 0.6) is 5.75 Å². The van der Waals surface area contributed by atoms with Gasteiger partial charge in [0.25, 0.3) is 0 Å². The van der Waals surface area contributed by atoms with Crippen molar-refractivity contribution in [3.05, 3.63) is 29.8 Å². The first-order chi connectivity index (χ1) is 9.89. The zero-order valence-electron chi connectivity index (χ0n) is 12.4. The fraction of sp³-hybridized carbons (Fsp3) is 0.533. The molecular formula is C15H21NO4S. The number of para-hydroxylation sites is 1. The van der Waals surface area contributed by atoms with Crippen LogP contribution in [0.1, 0.15) is 23.7 Å². The second kappa shape index (κ2) is 6.58. The van der Waals surface area contributed by atoms with Gasteiger partial charge in [-0.1, -0.05) is 12.1 Å². The fourth-order valence-corrected chi connectivity index (χ4v) is 4.29. The number of hydrogen-bond acceptors (Lipinski definition) is 5. The zero-order chi connectivity index (χ0) is 15.5. The molecule has 0 saturated carbocycles. The van der Waals surface area contributed by atoms with Crippen LogP contribution < -0.4 is 4.74 Å². The predicted octanol–water partition coefficient (Wildman–Crippen LogP) is 1.39. The van der Waals surface area contributed by atoms with Crippen LogP contribution in [-0.4, -0.2) is 56.8 Å². The lowest BCUT2D eigenvalue weighted by molar-refractivity contribution is 0.101. The van der Waals surface area contributed by atoms with E-state index in [2.05, 4.69) is 0 Å². The molecule has 1 aromatic carbocycles. The van der Waals surface area contributed by atoms with Gasteiger partial charge in [-0.25, -0.2) is 8.42 Å². The second-order valence-electron chi connectivity index (χ2n) is 5.44. The third-order valence-electron chi connectivity index (χ3n) is 3.80. The molecule has 0 radical (unpaired) electrons. The van der Waals surface area contributed by atoms with Crippen molar-refractivity contribution >= 4 is 15.6 Å². The van der Waals surface area contributed by atoms with Gasteiger partial charge in [0.2, 0.25) is 0 Å². The van der Waals surface area contributed by atoms with Crippen LogP contribution in [0.25, 0.3) is 0 Å². The molecule has 1 saturated heterocycles. The normalized spacial score (nSPS) is 20.6. The van der Waals surface area contributed by atoms with E-state index < -0.39 is 9.84 Å². The number of carbonyl (C=O) groups is 1. The van der Waals surface area contributed by atoms with Crippen LogP contribution in [0.3, 0.4) is 0 Å². The molecule has 6 heteroatoms. The van der Waals surface area contributed by atoms with E-state index in [4.69, 9.17) is 4.74 Å². The highest BCUT2D eigenvalue weighted by Crippen LogP contribution is 2.19. The van der Waals surface area contributed by atoms with Gasteiger partial charge in [0.15, 0.2) is 15.6 Å². The van der Waals surface area contributed by atoms with Crippen molar-refractivity contribution in [1.29, 1.82) is 0 Å². The lowest BCUT2D eigenvalue weighted by Gasteiger charge is -2.23. The highest BCUT2D eigenvalue weighted by atomic mass is 32.2. The molecule has 1 heterocycles. The van der Waals surface area contributed by atoms with E-state index in [1.807, 2.05) is 18.0 Å². The summed E-state index contributed by atoms with van der Waals surface area (Å²) in [7, 11) is -0.954. The number of rotatable bonds is 6. The van der Waals surface area contributed by atoms with Gasteiger partial charge in [0, 0.05) is 12.6 Å². The van der Waals surface area contributed by atoms with Crippen LogP contribution >= 0.6 is 0 Å². The summed E-state index contributed by atoms with van der Waals surface area (Å²) in [6.07, 6.45) is 0.683. The Bertz CT molecular complexity index is 612. The molecule has 0 aromatic heterocycles. The lowest BCUT2D eigenvalue weighted by Crippen LogP contribution is -2.35. The van der Waals surface area contributed by atoms with Crippen LogP contribution in [-0.2, 0) is 9.84 Å². The number of Topliss-reactive ketones (excluding diaryl/α,β-unsaturated/α-hetero) is 1. The number of sulfone groups is 1. The molecule has 1 aromatic rings. The van der Waals surface area contributed by atoms with Gasteiger partial charge in [0.1, 0.15) is 12.4 Å². The van der Waals surface area contributed by atoms with E-state index in [0.717, 1.165) is 0 Å². The van der Waals surface area contributed by atoms with Crippen molar-refractivity contribution in [3.8, 4) is 5.75 Å². The van der Waals surface area contributed by atoms with E-state index >= 15 is 0 Å². The molecule has 0 amide bonds. The number of ether oxygens (including phenoxy) is 1. The van der Waals surface area contributed by atoms with E-state index in [1.165, 1.54) is 6.92 Å². The van der Waals surface area contributed by atoms with Crippen LogP contribution in [0.15, 0.2) is 24.3 Å². The molecule has 116 valence electrons. The quantitative estimate of drug-likeness (QED) is 0.743. The van der Waals surface area contributed by atoms with E-state index in [-0.39, 0.29) is 23.3 Å². The molecular weight excluding hydrogens is 290 g/mol. The third-order valence-corrected chi connectivity index (χ3v) is 5.55. The third kappa shape index (κ3) is 4.28. The van der Waals surface area contributed by atoms with E-state index in [1.54, 1.807) is 18.2 Å². The Morgan fingerprint density at radius 1 is 1.38 bits per heavy atom. The number of hydrogen-bond donors (Lipinski definition) is 0. The molecule has 0 bridgehead atoms. The first-order valence-electron chi connectivity index (χ1n) is 7.02. The molecule has 5 nitrogen and oxygen atoms in total. The summed E-state index contributed by atoms with van der Waals surface area (Å²) in [4.78, 5) is 13.5. The molecule has 0 spiro atoms. The molecule has 1 aliphatic rings.